The fourth-order valence-corrected chi connectivity index (χ4v) is 0. The molecule has 0 aliphatic carbocycles. The van der Waals surface area contributed by atoms with E-state index >= 15 is 0 Å². The van der Waals surface area contributed by atoms with Crippen LogP contribution >= 0.6 is 0 Å². The average molecular weight is 183 g/mol. The average Bonchev–Trinajstić information content (AvgIpc) is 0.722. The van der Waals surface area contributed by atoms with Gasteiger partial charge in [0.1, 0.15) is 0 Å². The van der Waals surface area contributed by atoms with Crippen molar-refractivity contribution in [2.75, 3.05) is 0 Å². The number of rotatable bonds is 0. The van der Waals surface area contributed by atoms with Crippen LogP contribution in [0.3, 0.4) is 0 Å². The van der Waals surface area contributed by atoms with E-state index in [4.69, 9.17) is 17.5 Å². The Hall–Kier alpha value is 2.39. The standard InChI is InChI=1S/2Ca.H2O4S.4H/c;;1-5(2,3)4;;;;/h;;(H2,1,2,3,4);;;;/p+1. The molecule has 40 valence electrons. The molecule has 0 amide bonds. The minimum absolute atomic E-state index is 0. The summed E-state index contributed by atoms with van der Waals surface area (Å²) in [6.07, 6.45) is 0. The van der Waals surface area contributed by atoms with Crippen LogP contribution in [0.2, 0.25) is 0 Å². The Kier molecular flexibility index (Phi) is 15.1. The van der Waals surface area contributed by atoms with E-state index in [2.05, 4.69) is 0 Å². The number of hydrogen-bond donors (Lipinski definition) is 2. The number of hydrogen-bond acceptors (Lipinski definition) is 2. The first-order valence-corrected chi connectivity index (χ1v) is 2.10. The predicted octanol–water partition coefficient (Wildman–Crippen LogP) is -2.37. The minimum Gasteiger partial charge on any atom is 1.00 e. The first-order chi connectivity index (χ1) is 2.00. The molecule has 0 fully saturated rings. The first kappa shape index (κ1) is 16.2. The van der Waals surface area contributed by atoms with Crippen LogP contribution < -0.4 is 0 Å². The smallest absolute Gasteiger partial charge is 1.00 e. The van der Waals surface area contributed by atoms with Gasteiger partial charge in [0.25, 0.3) is 0 Å². The van der Waals surface area contributed by atoms with Crippen LogP contribution in [0.25, 0.3) is 0 Å². The predicted molar refractivity (Wildman–Crippen MR) is 32.4 cm³/mol. The van der Waals surface area contributed by atoms with Crippen molar-refractivity contribution >= 4 is 85.9 Å². The van der Waals surface area contributed by atoms with Gasteiger partial charge in [-0.1, -0.05) is 0 Å². The third kappa shape index (κ3) is 60.0. The molecule has 0 radical (unpaired) electrons. The monoisotopic (exact) mass is 183 g/mol. The molecular weight excluding hydrogens is 176 g/mol. The van der Waals surface area contributed by atoms with Gasteiger partial charge < -0.3 is 0 Å². The van der Waals surface area contributed by atoms with Crippen molar-refractivity contribution in [3.05, 3.63) is 0 Å². The summed E-state index contributed by atoms with van der Waals surface area (Å²) in [4.78, 5) is 0. The van der Waals surface area contributed by atoms with Crippen molar-refractivity contribution < 1.29 is 18.9 Å². The molecule has 0 spiro atoms. The molecule has 0 saturated carbocycles. The second-order valence-corrected chi connectivity index (χ2v) is 1.34. The molecule has 0 aliphatic rings. The maximum Gasteiger partial charge on any atom is 1.00 e. The van der Waals surface area contributed by atoms with Crippen molar-refractivity contribution in [2.24, 2.45) is 0 Å². The second kappa shape index (κ2) is 6.51. The summed E-state index contributed by atoms with van der Waals surface area (Å²) in [5.41, 5.74) is 0. The van der Waals surface area contributed by atoms with Gasteiger partial charge in [0, 0.05) is 0 Å². The third-order valence-electron chi connectivity index (χ3n) is 0. The van der Waals surface area contributed by atoms with E-state index in [1.54, 1.807) is 0 Å². The molecule has 0 unspecified atom stereocenters. The fraction of sp³-hybridized carbons (Fsp3) is 0. The Morgan fingerprint density at radius 3 is 1.14 bits per heavy atom. The quantitative estimate of drug-likeness (QED) is 0.325. The van der Waals surface area contributed by atoms with Crippen LogP contribution in [0.4, 0.5) is 0 Å². The van der Waals surface area contributed by atoms with Crippen LogP contribution in [0, 0.1) is 0 Å². The van der Waals surface area contributed by atoms with Crippen molar-refractivity contribution in [1.29, 1.82) is 0 Å². The molecule has 7 heteroatoms. The Morgan fingerprint density at radius 1 is 1.14 bits per heavy atom. The Labute approximate surface area is 103 Å². The van der Waals surface area contributed by atoms with Gasteiger partial charge in [0.15, 0.2) is 0 Å². The molecule has 0 saturated heterocycles. The Morgan fingerprint density at radius 2 is 1.14 bits per heavy atom. The normalized spacial score (nSPS) is 8.29. The van der Waals surface area contributed by atoms with Gasteiger partial charge in [0.05, 0.1) is 0 Å². The van der Waals surface area contributed by atoms with Gasteiger partial charge in [0.2, 0.25) is 0 Å². The van der Waals surface area contributed by atoms with Gasteiger partial charge in [-0.3, -0.25) is 9.11 Å². The van der Waals surface area contributed by atoms with Gasteiger partial charge in [-0.25, -0.2) is 0 Å². The summed E-state index contributed by atoms with van der Waals surface area (Å²) in [5.74, 6) is 0. The van der Waals surface area contributed by atoms with Gasteiger partial charge in [-0.15, -0.1) is 0 Å². The molecule has 0 aromatic rings. The zero-order valence-corrected chi connectivity index (χ0v) is 2.94. The van der Waals surface area contributed by atoms with Crippen molar-refractivity contribution in [2.45, 2.75) is 0 Å². The van der Waals surface area contributed by atoms with Crippen LogP contribution in [0.1, 0.15) is 1.43 Å². The first-order valence-electron chi connectivity index (χ1n) is 0.698. The molecule has 2 N–H and O–H groups in total. The van der Waals surface area contributed by atoms with Crippen molar-refractivity contribution in [3.63, 3.8) is 0 Å². The summed E-state index contributed by atoms with van der Waals surface area (Å²) < 4.78 is 31.6. The fourth-order valence-electron chi connectivity index (χ4n) is 0. The van der Waals surface area contributed by atoms with E-state index in [-0.39, 0.29) is 76.9 Å². The minimum atomic E-state index is -4.67. The summed E-state index contributed by atoms with van der Waals surface area (Å²) in [7, 11) is -4.67. The van der Waals surface area contributed by atoms with Crippen LogP contribution in [0.15, 0.2) is 0 Å². The third-order valence-corrected chi connectivity index (χ3v) is 0. The summed E-state index contributed by atoms with van der Waals surface area (Å²) >= 11 is 0. The van der Waals surface area contributed by atoms with E-state index in [0.717, 1.165) is 0 Å². The molecular formula is H7Ca2O4S+. The maximum atomic E-state index is 8.74. The van der Waals surface area contributed by atoms with Crippen molar-refractivity contribution in [1.82, 2.24) is 0 Å². The molecule has 0 aliphatic heterocycles. The molecule has 4 nitrogen and oxygen atoms in total. The summed E-state index contributed by atoms with van der Waals surface area (Å²) in [6.45, 7) is 0. The Bertz CT molecular complexity index is 97.2. The summed E-state index contributed by atoms with van der Waals surface area (Å²) in [5, 5.41) is 0. The van der Waals surface area contributed by atoms with Crippen LogP contribution in [-0.2, 0) is 10.4 Å². The molecule has 0 rings (SSSR count). The zero-order valence-electron chi connectivity index (χ0n) is 3.12. The second-order valence-electron chi connectivity index (χ2n) is 0.448. The SMILES string of the molecule is O=S(=O)(O)O.[CaH2].[CaH2].[H+]. The van der Waals surface area contributed by atoms with Crippen LogP contribution in [-0.4, -0.2) is 93.0 Å². The van der Waals surface area contributed by atoms with E-state index in [0.29, 0.717) is 0 Å². The molecule has 0 aromatic carbocycles. The van der Waals surface area contributed by atoms with E-state index < -0.39 is 10.4 Å². The zero-order chi connectivity index (χ0) is 4.50. The maximum absolute atomic E-state index is 8.74. The molecule has 0 atom stereocenters. The van der Waals surface area contributed by atoms with Gasteiger partial charge in [-0.2, -0.15) is 8.42 Å². The van der Waals surface area contributed by atoms with Crippen LogP contribution in [0.5, 0.6) is 0 Å². The van der Waals surface area contributed by atoms with E-state index in [1.165, 1.54) is 0 Å². The van der Waals surface area contributed by atoms with E-state index in [1.807, 2.05) is 0 Å². The van der Waals surface area contributed by atoms with E-state index in [9.17, 15) is 0 Å². The van der Waals surface area contributed by atoms with Crippen molar-refractivity contribution in [3.8, 4) is 0 Å². The Balaban J connectivity index is -0.0000000267. The summed E-state index contributed by atoms with van der Waals surface area (Å²) in [6, 6.07) is 0. The molecule has 0 aromatic heterocycles. The topological polar surface area (TPSA) is 74.6 Å². The van der Waals surface area contributed by atoms with Gasteiger partial charge >= 0.3 is 87.3 Å². The molecule has 0 bridgehead atoms. The molecule has 0 heterocycles. The largest absolute Gasteiger partial charge is 1.00 e. The molecule has 7 heavy (non-hydrogen) atoms. The van der Waals surface area contributed by atoms with Gasteiger partial charge in [-0.05, 0) is 0 Å².